The molecule has 0 bridgehead atoms. The summed E-state index contributed by atoms with van der Waals surface area (Å²) in [7, 11) is -3.56. The first-order chi connectivity index (χ1) is 9.54. The third-order valence-electron chi connectivity index (χ3n) is 2.95. The number of fused-ring (bicyclic) bond motifs is 1. The van der Waals surface area contributed by atoms with Crippen molar-refractivity contribution < 1.29 is 8.42 Å². The number of sulfonamides is 1. The molecule has 106 valence electrons. The molecule has 0 fully saturated rings. The lowest BCUT2D eigenvalue weighted by Gasteiger charge is -2.09. The molecule has 0 atom stereocenters. The Kier molecular flexibility index (Phi) is 3.98. The summed E-state index contributed by atoms with van der Waals surface area (Å²) in [6, 6.07) is 6.73. The van der Waals surface area contributed by atoms with E-state index in [1.165, 1.54) is 11.3 Å². The van der Waals surface area contributed by atoms with Crippen LogP contribution >= 0.6 is 33.9 Å². The van der Waals surface area contributed by atoms with Crippen molar-refractivity contribution in [3.63, 3.8) is 0 Å². The molecule has 0 saturated carbocycles. The highest BCUT2D eigenvalue weighted by atomic mass is 127. The van der Waals surface area contributed by atoms with Gasteiger partial charge in [0.05, 0.1) is 10.6 Å². The van der Waals surface area contributed by atoms with Crippen LogP contribution in [0.3, 0.4) is 0 Å². The normalized spacial score (nSPS) is 14.8. The van der Waals surface area contributed by atoms with Gasteiger partial charge >= 0.3 is 0 Å². The fourth-order valence-electron chi connectivity index (χ4n) is 1.96. The third kappa shape index (κ3) is 2.97. The molecular formula is C12H12IN3O2S2. The Morgan fingerprint density at radius 2 is 2.05 bits per heavy atom. The molecule has 2 aromatic rings. The molecule has 1 aromatic carbocycles. The highest BCUT2D eigenvalue weighted by Gasteiger charge is 2.19. The van der Waals surface area contributed by atoms with Crippen molar-refractivity contribution in [3.05, 3.63) is 38.4 Å². The first kappa shape index (κ1) is 14.2. The number of nitrogens with zero attached hydrogens (tertiary/aromatic N) is 1. The van der Waals surface area contributed by atoms with Crippen LogP contribution in [-0.2, 0) is 23.0 Å². The van der Waals surface area contributed by atoms with Crippen LogP contribution in [0.1, 0.15) is 10.6 Å². The van der Waals surface area contributed by atoms with Gasteiger partial charge in [0.25, 0.3) is 10.0 Å². The summed E-state index contributed by atoms with van der Waals surface area (Å²) in [6.45, 7) is 1.65. The van der Waals surface area contributed by atoms with Crippen molar-refractivity contribution in [3.8, 4) is 0 Å². The first-order valence-electron chi connectivity index (χ1n) is 6.02. The monoisotopic (exact) mass is 421 g/mol. The third-order valence-corrected chi connectivity index (χ3v) is 6.16. The lowest BCUT2D eigenvalue weighted by atomic mass is 10.2. The lowest BCUT2D eigenvalue weighted by Crippen LogP contribution is -2.22. The molecular weight excluding hydrogens is 409 g/mol. The number of aromatic nitrogens is 1. The summed E-state index contributed by atoms with van der Waals surface area (Å²) in [5.74, 6) is 0. The van der Waals surface area contributed by atoms with Gasteiger partial charge in [0, 0.05) is 28.0 Å². The Balaban J connectivity index is 1.86. The van der Waals surface area contributed by atoms with E-state index >= 15 is 0 Å². The Morgan fingerprint density at radius 1 is 1.30 bits per heavy atom. The SMILES string of the molecule is O=S(=O)(Nc1nc2c(s1)CNCC2)c1ccc(I)cc1. The predicted octanol–water partition coefficient (Wildman–Crippen LogP) is 2.19. The topological polar surface area (TPSA) is 71.1 Å². The highest BCUT2D eigenvalue weighted by molar-refractivity contribution is 14.1. The average Bonchev–Trinajstić information content (AvgIpc) is 2.80. The molecule has 1 aromatic heterocycles. The van der Waals surface area contributed by atoms with Crippen molar-refractivity contribution in [1.82, 2.24) is 10.3 Å². The number of rotatable bonds is 3. The van der Waals surface area contributed by atoms with Gasteiger partial charge in [-0.15, -0.1) is 0 Å². The van der Waals surface area contributed by atoms with E-state index < -0.39 is 10.0 Å². The van der Waals surface area contributed by atoms with Crippen LogP contribution in [0.15, 0.2) is 29.2 Å². The maximum Gasteiger partial charge on any atom is 0.263 e. The molecule has 1 aliphatic rings. The summed E-state index contributed by atoms with van der Waals surface area (Å²) in [5.41, 5.74) is 0.995. The number of halogens is 1. The maximum absolute atomic E-state index is 12.3. The van der Waals surface area contributed by atoms with Crippen molar-refractivity contribution >= 4 is 49.1 Å². The molecule has 5 nitrogen and oxygen atoms in total. The van der Waals surface area contributed by atoms with Crippen LogP contribution in [0.5, 0.6) is 0 Å². The van der Waals surface area contributed by atoms with Crippen LogP contribution < -0.4 is 10.0 Å². The molecule has 20 heavy (non-hydrogen) atoms. The van der Waals surface area contributed by atoms with Gasteiger partial charge in [-0.3, -0.25) is 4.72 Å². The Hall–Kier alpha value is -0.710. The van der Waals surface area contributed by atoms with E-state index in [1.807, 2.05) is 0 Å². The number of hydrogen-bond donors (Lipinski definition) is 2. The zero-order valence-electron chi connectivity index (χ0n) is 10.4. The molecule has 8 heteroatoms. The van der Waals surface area contributed by atoms with Gasteiger partial charge in [0.15, 0.2) is 5.13 Å². The van der Waals surface area contributed by atoms with Gasteiger partial charge in [0.2, 0.25) is 0 Å². The van der Waals surface area contributed by atoms with Gasteiger partial charge in [0.1, 0.15) is 0 Å². The van der Waals surface area contributed by atoms with Crippen LogP contribution in [0.2, 0.25) is 0 Å². The Bertz CT molecular complexity index is 702. The first-order valence-corrected chi connectivity index (χ1v) is 9.40. The van der Waals surface area contributed by atoms with Crippen molar-refractivity contribution in [2.24, 2.45) is 0 Å². The van der Waals surface area contributed by atoms with E-state index in [1.54, 1.807) is 24.3 Å². The Morgan fingerprint density at radius 3 is 2.75 bits per heavy atom. The number of benzene rings is 1. The summed E-state index contributed by atoms with van der Waals surface area (Å²) in [5, 5.41) is 3.69. The fourth-order valence-corrected chi connectivity index (χ4v) is 4.53. The van der Waals surface area contributed by atoms with Crippen LogP contribution in [-0.4, -0.2) is 19.9 Å². The second kappa shape index (κ2) is 5.58. The number of hydrogen-bond acceptors (Lipinski definition) is 5. The molecule has 0 unspecified atom stereocenters. The average molecular weight is 421 g/mol. The molecule has 3 rings (SSSR count). The van der Waals surface area contributed by atoms with E-state index in [0.29, 0.717) is 5.13 Å². The molecule has 2 N–H and O–H groups in total. The van der Waals surface area contributed by atoms with Gasteiger partial charge in [-0.05, 0) is 46.9 Å². The van der Waals surface area contributed by atoms with E-state index in [9.17, 15) is 8.42 Å². The van der Waals surface area contributed by atoms with Crippen molar-refractivity contribution in [2.75, 3.05) is 11.3 Å². The number of thiazole rings is 1. The minimum atomic E-state index is -3.56. The van der Waals surface area contributed by atoms with Crippen LogP contribution in [0, 0.1) is 3.57 Å². The summed E-state index contributed by atoms with van der Waals surface area (Å²) in [4.78, 5) is 5.73. The second-order valence-corrected chi connectivity index (χ2v) is 8.39. The Labute approximate surface area is 135 Å². The molecule has 1 aliphatic heterocycles. The molecule has 0 amide bonds. The summed E-state index contributed by atoms with van der Waals surface area (Å²) >= 11 is 3.54. The zero-order valence-corrected chi connectivity index (χ0v) is 14.2. The summed E-state index contributed by atoms with van der Waals surface area (Å²) in [6.07, 6.45) is 0.844. The van der Waals surface area contributed by atoms with Crippen LogP contribution in [0.25, 0.3) is 0 Å². The molecule has 2 heterocycles. The zero-order chi connectivity index (χ0) is 14.2. The quantitative estimate of drug-likeness (QED) is 0.746. The smallest absolute Gasteiger partial charge is 0.263 e. The number of anilines is 1. The standard InChI is InChI=1S/C12H12IN3O2S2/c13-8-1-3-9(4-2-8)20(17,18)16-12-15-10-5-6-14-7-11(10)19-12/h1-4,14H,5-7H2,(H,15,16). The fraction of sp³-hybridized carbons (Fsp3) is 0.250. The minimum absolute atomic E-state index is 0.254. The van der Waals surface area contributed by atoms with Crippen LogP contribution in [0.4, 0.5) is 5.13 Å². The van der Waals surface area contributed by atoms with Gasteiger partial charge in [-0.2, -0.15) is 0 Å². The van der Waals surface area contributed by atoms with E-state index in [-0.39, 0.29) is 4.90 Å². The largest absolute Gasteiger partial charge is 0.311 e. The van der Waals surface area contributed by atoms with E-state index in [2.05, 4.69) is 37.6 Å². The van der Waals surface area contributed by atoms with E-state index in [4.69, 9.17) is 0 Å². The van der Waals surface area contributed by atoms with Gasteiger partial charge in [-0.1, -0.05) is 11.3 Å². The summed E-state index contributed by atoms with van der Waals surface area (Å²) < 4.78 is 28.1. The molecule has 0 radical (unpaired) electrons. The van der Waals surface area contributed by atoms with Gasteiger partial charge in [-0.25, -0.2) is 13.4 Å². The second-order valence-electron chi connectivity index (χ2n) is 4.38. The van der Waals surface area contributed by atoms with Crippen molar-refractivity contribution in [1.29, 1.82) is 0 Å². The predicted molar refractivity (Wildman–Crippen MR) is 87.5 cm³/mol. The molecule has 0 saturated heterocycles. The minimum Gasteiger partial charge on any atom is -0.311 e. The van der Waals surface area contributed by atoms with Crippen molar-refractivity contribution in [2.45, 2.75) is 17.9 Å². The molecule has 0 spiro atoms. The van der Waals surface area contributed by atoms with Gasteiger partial charge < -0.3 is 5.32 Å². The molecule has 0 aliphatic carbocycles. The lowest BCUT2D eigenvalue weighted by molar-refractivity contribution is 0.601. The number of nitrogens with one attached hydrogen (secondary N) is 2. The maximum atomic E-state index is 12.3. The highest BCUT2D eigenvalue weighted by Crippen LogP contribution is 2.27. The van der Waals surface area contributed by atoms with E-state index in [0.717, 1.165) is 33.7 Å².